The number of nitro groups is 1. The molecule has 0 atom stereocenters. The molecule has 132 valence electrons. The molecule has 9 nitrogen and oxygen atoms in total. The number of nitrogens with one attached hydrogen (secondary N) is 2. The second kappa shape index (κ2) is 7.58. The standard InChI is InChI=1S/C14H20N4O5S/c1-15-24(22,23)11-5-6-12(13(9-11)18(20)21)16-10-14(19)17-7-3-2-4-8-17/h5-6,9,15-16H,2-4,7-8,10H2,1H3. The van der Waals surface area contributed by atoms with E-state index in [2.05, 4.69) is 10.0 Å². The van der Waals surface area contributed by atoms with Crippen LogP contribution in [-0.2, 0) is 14.8 Å². The average molecular weight is 356 g/mol. The van der Waals surface area contributed by atoms with E-state index < -0.39 is 20.6 Å². The molecule has 24 heavy (non-hydrogen) atoms. The highest BCUT2D eigenvalue weighted by atomic mass is 32.2. The number of hydrogen-bond donors (Lipinski definition) is 2. The van der Waals surface area contributed by atoms with Crippen LogP contribution in [0.25, 0.3) is 0 Å². The molecule has 0 saturated carbocycles. The van der Waals surface area contributed by atoms with Gasteiger partial charge in [0, 0.05) is 19.2 Å². The van der Waals surface area contributed by atoms with E-state index in [4.69, 9.17) is 0 Å². The molecular formula is C14H20N4O5S. The summed E-state index contributed by atoms with van der Waals surface area (Å²) in [4.78, 5) is 24.1. The summed E-state index contributed by atoms with van der Waals surface area (Å²) >= 11 is 0. The molecule has 0 unspecified atom stereocenters. The van der Waals surface area contributed by atoms with E-state index in [1.807, 2.05) is 0 Å². The summed E-state index contributed by atoms with van der Waals surface area (Å²) in [5.41, 5.74) is -0.279. The lowest BCUT2D eigenvalue weighted by atomic mass is 10.1. The molecule has 0 aliphatic carbocycles. The van der Waals surface area contributed by atoms with E-state index in [9.17, 15) is 23.3 Å². The maximum absolute atomic E-state index is 12.1. The summed E-state index contributed by atoms with van der Waals surface area (Å²) in [6, 6.07) is 3.53. The highest BCUT2D eigenvalue weighted by molar-refractivity contribution is 7.89. The minimum atomic E-state index is -3.78. The SMILES string of the molecule is CNS(=O)(=O)c1ccc(NCC(=O)N2CCCCC2)c([N+](=O)[O-])c1. The van der Waals surface area contributed by atoms with E-state index >= 15 is 0 Å². The summed E-state index contributed by atoms with van der Waals surface area (Å²) in [6.45, 7) is 1.32. The Bertz CT molecular complexity index is 729. The summed E-state index contributed by atoms with van der Waals surface area (Å²) in [5, 5.41) is 13.9. The number of piperidine rings is 1. The van der Waals surface area contributed by atoms with Gasteiger partial charge in [0.1, 0.15) is 5.69 Å². The van der Waals surface area contributed by atoms with Crippen LogP contribution in [0, 0.1) is 10.1 Å². The van der Waals surface area contributed by atoms with Crippen LogP contribution in [0.3, 0.4) is 0 Å². The Balaban J connectivity index is 2.14. The molecule has 2 N–H and O–H groups in total. The average Bonchev–Trinajstić information content (AvgIpc) is 2.60. The number of rotatable bonds is 6. The van der Waals surface area contributed by atoms with Gasteiger partial charge in [0.25, 0.3) is 5.69 Å². The Hall–Kier alpha value is -2.20. The zero-order chi connectivity index (χ0) is 17.7. The van der Waals surface area contributed by atoms with Crippen molar-refractivity contribution in [3.63, 3.8) is 0 Å². The van der Waals surface area contributed by atoms with Crippen molar-refractivity contribution in [2.24, 2.45) is 0 Å². The molecule has 1 aromatic carbocycles. The van der Waals surface area contributed by atoms with Crippen molar-refractivity contribution in [1.82, 2.24) is 9.62 Å². The first kappa shape index (κ1) is 18.1. The van der Waals surface area contributed by atoms with Crippen molar-refractivity contribution >= 4 is 27.3 Å². The molecule has 1 aliphatic heterocycles. The molecule has 1 saturated heterocycles. The predicted octanol–water partition coefficient (Wildman–Crippen LogP) is 0.927. The zero-order valence-corrected chi connectivity index (χ0v) is 14.1. The van der Waals surface area contributed by atoms with Crippen LogP contribution in [0.2, 0.25) is 0 Å². The van der Waals surface area contributed by atoms with Gasteiger partial charge in [0.2, 0.25) is 15.9 Å². The molecule has 1 fully saturated rings. The lowest BCUT2D eigenvalue weighted by Gasteiger charge is -2.26. The van der Waals surface area contributed by atoms with E-state index in [1.54, 1.807) is 4.90 Å². The van der Waals surface area contributed by atoms with Crippen molar-refractivity contribution in [3.05, 3.63) is 28.3 Å². The summed E-state index contributed by atoms with van der Waals surface area (Å²) in [5.74, 6) is -0.129. The molecule has 0 radical (unpaired) electrons. The second-order valence-corrected chi connectivity index (χ2v) is 7.33. The minimum Gasteiger partial charge on any atom is -0.371 e. The Labute approximate surface area is 140 Å². The number of carbonyl (C=O) groups excluding carboxylic acids is 1. The van der Waals surface area contributed by atoms with Gasteiger partial charge in [-0.2, -0.15) is 0 Å². The Morgan fingerprint density at radius 1 is 1.29 bits per heavy atom. The molecule has 1 amide bonds. The molecular weight excluding hydrogens is 336 g/mol. The number of likely N-dealkylation sites (tertiary alicyclic amines) is 1. The van der Waals surface area contributed by atoms with Crippen LogP contribution in [0.4, 0.5) is 11.4 Å². The largest absolute Gasteiger partial charge is 0.371 e. The third kappa shape index (κ3) is 4.20. The quantitative estimate of drug-likeness (QED) is 0.577. The van der Waals surface area contributed by atoms with Crippen molar-refractivity contribution in [2.45, 2.75) is 24.2 Å². The molecule has 1 aliphatic rings. The van der Waals surface area contributed by atoms with Crippen LogP contribution in [0.5, 0.6) is 0 Å². The van der Waals surface area contributed by atoms with Crippen molar-refractivity contribution in [1.29, 1.82) is 0 Å². The first-order valence-corrected chi connectivity index (χ1v) is 9.07. The summed E-state index contributed by atoms with van der Waals surface area (Å²) in [7, 11) is -2.55. The van der Waals surface area contributed by atoms with Gasteiger partial charge in [-0.25, -0.2) is 13.1 Å². The monoisotopic (exact) mass is 356 g/mol. The number of nitrogens with zero attached hydrogens (tertiary/aromatic N) is 2. The maximum Gasteiger partial charge on any atom is 0.293 e. The topological polar surface area (TPSA) is 122 Å². The maximum atomic E-state index is 12.1. The lowest BCUT2D eigenvalue weighted by Crippen LogP contribution is -2.39. The molecule has 2 rings (SSSR count). The summed E-state index contributed by atoms with van der Waals surface area (Å²) < 4.78 is 25.6. The number of sulfonamides is 1. The fourth-order valence-electron chi connectivity index (χ4n) is 2.52. The Morgan fingerprint density at radius 3 is 2.54 bits per heavy atom. The first-order valence-electron chi connectivity index (χ1n) is 7.59. The smallest absolute Gasteiger partial charge is 0.293 e. The molecule has 1 aromatic rings. The highest BCUT2D eigenvalue weighted by Crippen LogP contribution is 2.27. The number of carbonyl (C=O) groups is 1. The van der Waals surface area contributed by atoms with Crippen LogP contribution >= 0.6 is 0 Å². The van der Waals surface area contributed by atoms with E-state index in [1.165, 1.54) is 19.2 Å². The molecule has 10 heteroatoms. The van der Waals surface area contributed by atoms with Crippen molar-refractivity contribution in [2.75, 3.05) is 32.0 Å². The van der Waals surface area contributed by atoms with Crippen molar-refractivity contribution in [3.8, 4) is 0 Å². The normalized spacial score (nSPS) is 15.1. The van der Waals surface area contributed by atoms with Gasteiger partial charge in [-0.3, -0.25) is 14.9 Å². The van der Waals surface area contributed by atoms with E-state index in [0.717, 1.165) is 25.3 Å². The molecule has 1 heterocycles. The second-order valence-electron chi connectivity index (χ2n) is 5.44. The predicted molar refractivity (Wildman–Crippen MR) is 88.3 cm³/mol. The minimum absolute atomic E-state index is 0.0705. The number of hydrogen-bond acceptors (Lipinski definition) is 6. The molecule has 0 spiro atoms. The van der Waals surface area contributed by atoms with Gasteiger partial charge in [-0.1, -0.05) is 0 Å². The van der Waals surface area contributed by atoms with Crippen LogP contribution in [-0.4, -0.2) is 50.8 Å². The van der Waals surface area contributed by atoms with Gasteiger partial charge in [0.05, 0.1) is 16.4 Å². The Morgan fingerprint density at radius 2 is 1.96 bits per heavy atom. The fraction of sp³-hybridized carbons (Fsp3) is 0.500. The highest BCUT2D eigenvalue weighted by Gasteiger charge is 2.22. The van der Waals surface area contributed by atoms with Crippen LogP contribution < -0.4 is 10.0 Å². The van der Waals surface area contributed by atoms with Crippen LogP contribution in [0.15, 0.2) is 23.1 Å². The van der Waals surface area contributed by atoms with Gasteiger partial charge in [-0.15, -0.1) is 0 Å². The Kier molecular flexibility index (Phi) is 5.73. The number of amides is 1. The molecule has 0 bridgehead atoms. The number of nitro benzene ring substituents is 1. The van der Waals surface area contributed by atoms with Crippen molar-refractivity contribution < 1.29 is 18.1 Å². The third-order valence-electron chi connectivity index (χ3n) is 3.88. The van der Waals surface area contributed by atoms with Crippen LogP contribution in [0.1, 0.15) is 19.3 Å². The van der Waals surface area contributed by atoms with Gasteiger partial charge >= 0.3 is 0 Å². The number of benzene rings is 1. The lowest BCUT2D eigenvalue weighted by molar-refractivity contribution is -0.384. The zero-order valence-electron chi connectivity index (χ0n) is 13.3. The number of anilines is 1. The molecule has 0 aromatic heterocycles. The summed E-state index contributed by atoms with van der Waals surface area (Å²) in [6.07, 6.45) is 3.02. The first-order chi connectivity index (χ1) is 11.3. The fourth-order valence-corrected chi connectivity index (χ4v) is 3.27. The van der Waals surface area contributed by atoms with Gasteiger partial charge in [-0.05, 0) is 38.4 Å². The third-order valence-corrected chi connectivity index (χ3v) is 5.30. The van der Waals surface area contributed by atoms with E-state index in [-0.39, 0.29) is 23.0 Å². The van der Waals surface area contributed by atoms with Gasteiger partial charge < -0.3 is 10.2 Å². The van der Waals surface area contributed by atoms with E-state index in [0.29, 0.717) is 13.1 Å². The van der Waals surface area contributed by atoms with Gasteiger partial charge in [0.15, 0.2) is 0 Å².